The van der Waals surface area contributed by atoms with E-state index in [1.165, 1.54) is 7.11 Å². The number of aromatic nitrogens is 2. The highest BCUT2D eigenvalue weighted by molar-refractivity contribution is 5.72. The molecule has 0 bridgehead atoms. The van der Waals surface area contributed by atoms with Gasteiger partial charge in [-0.15, -0.1) is 0 Å². The minimum absolute atomic E-state index is 0.406. The molecule has 16 heavy (non-hydrogen) atoms. The molecule has 0 spiro atoms. The molecule has 1 aliphatic rings. The molecule has 1 N–H and O–H groups in total. The minimum atomic E-state index is -0.851. The largest absolute Gasteiger partial charge is 0.469 e. The first-order chi connectivity index (χ1) is 7.65. The monoisotopic (exact) mass is 224 g/mol. The van der Waals surface area contributed by atoms with Gasteiger partial charge in [0.25, 0.3) is 0 Å². The van der Waals surface area contributed by atoms with Crippen LogP contribution in [-0.2, 0) is 9.53 Å². The molecule has 2 rings (SSSR count). The number of rotatable bonds is 4. The van der Waals surface area contributed by atoms with Crippen molar-refractivity contribution in [3.8, 4) is 0 Å². The predicted molar refractivity (Wildman–Crippen MR) is 56.6 cm³/mol. The number of imidazole rings is 1. The summed E-state index contributed by atoms with van der Waals surface area (Å²) in [6.07, 6.45) is 4.70. The summed E-state index contributed by atoms with van der Waals surface area (Å²) in [5, 5.41) is 10.1. The van der Waals surface area contributed by atoms with Gasteiger partial charge < -0.3 is 14.4 Å². The lowest BCUT2D eigenvalue weighted by Crippen LogP contribution is -2.22. The van der Waals surface area contributed by atoms with Crippen molar-refractivity contribution >= 4 is 5.97 Å². The smallest absolute Gasteiger partial charge is 0.311 e. The Balaban J connectivity index is 2.16. The molecule has 1 saturated carbocycles. The summed E-state index contributed by atoms with van der Waals surface area (Å²) in [6.45, 7) is 1.65. The fourth-order valence-corrected chi connectivity index (χ4v) is 1.77. The lowest BCUT2D eigenvalue weighted by atomic mass is 10.0. The Hall–Kier alpha value is -1.36. The van der Waals surface area contributed by atoms with Crippen LogP contribution in [0.25, 0.3) is 0 Å². The van der Waals surface area contributed by atoms with E-state index >= 15 is 0 Å². The first-order valence-electron chi connectivity index (χ1n) is 5.42. The van der Waals surface area contributed by atoms with Gasteiger partial charge in [0.15, 0.2) is 0 Å². The van der Waals surface area contributed by atoms with Gasteiger partial charge in [-0.1, -0.05) is 0 Å². The Morgan fingerprint density at radius 3 is 2.94 bits per heavy atom. The second kappa shape index (κ2) is 4.25. The topological polar surface area (TPSA) is 64.3 Å². The summed E-state index contributed by atoms with van der Waals surface area (Å²) in [7, 11) is 1.32. The third-order valence-electron chi connectivity index (χ3n) is 2.99. The van der Waals surface area contributed by atoms with E-state index in [2.05, 4.69) is 9.72 Å². The molecule has 0 saturated heterocycles. The number of nitrogens with zero attached hydrogens (tertiary/aromatic N) is 2. The van der Waals surface area contributed by atoms with Crippen molar-refractivity contribution in [1.29, 1.82) is 0 Å². The van der Waals surface area contributed by atoms with Crippen molar-refractivity contribution in [2.45, 2.75) is 31.9 Å². The molecule has 2 atom stereocenters. The first kappa shape index (κ1) is 11.1. The van der Waals surface area contributed by atoms with Crippen LogP contribution in [-0.4, -0.2) is 27.7 Å². The maximum atomic E-state index is 11.3. The number of ether oxygens (including phenoxy) is 1. The molecular weight excluding hydrogens is 208 g/mol. The molecule has 88 valence electrons. The fourth-order valence-electron chi connectivity index (χ4n) is 1.77. The van der Waals surface area contributed by atoms with Crippen molar-refractivity contribution < 1.29 is 14.6 Å². The number of carbonyl (C=O) groups excluding carboxylic acids is 1. The molecular formula is C11H16N2O3. The quantitative estimate of drug-likeness (QED) is 0.777. The SMILES string of the molecule is COC(=O)C(C)C(O)c1cncn1C1CC1. The zero-order valence-electron chi connectivity index (χ0n) is 9.46. The van der Waals surface area contributed by atoms with Crippen LogP contribution in [0.2, 0.25) is 0 Å². The Bertz CT molecular complexity index is 384. The molecule has 0 aliphatic heterocycles. The van der Waals surface area contributed by atoms with E-state index in [1.54, 1.807) is 19.4 Å². The Kier molecular flexibility index (Phi) is 2.96. The number of aliphatic hydroxyl groups is 1. The van der Waals surface area contributed by atoms with E-state index in [-0.39, 0.29) is 0 Å². The van der Waals surface area contributed by atoms with Gasteiger partial charge in [-0.25, -0.2) is 4.98 Å². The summed E-state index contributed by atoms with van der Waals surface area (Å²) in [5.74, 6) is -0.977. The van der Waals surface area contributed by atoms with Crippen molar-refractivity contribution in [2.24, 2.45) is 5.92 Å². The Morgan fingerprint density at radius 1 is 1.69 bits per heavy atom. The highest BCUT2D eigenvalue weighted by Crippen LogP contribution is 2.37. The minimum Gasteiger partial charge on any atom is -0.469 e. The summed E-state index contributed by atoms with van der Waals surface area (Å²) >= 11 is 0. The van der Waals surface area contributed by atoms with E-state index < -0.39 is 18.0 Å². The second-order valence-corrected chi connectivity index (χ2v) is 4.21. The van der Waals surface area contributed by atoms with Gasteiger partial charge in [0.1, 0.15) is 6.10 Å². The number of hydrogen-bond donors (Lipinski definition) is 1. The summed E-state index contributed by atoms with van der Waals surface area (Å²) in [4.78, 5) is 15.4. The fraction of sp³-hybridized carbons (Fsp3) is 0.636. The molecule has 5 heteroatoms. The zero-order chi connectivity index (χ0) is 11.7. The van der Waals surface area contributed by atoms with E-state index in [0.29, 0.717) is 11.7 Å². The highest BCUT2D eigenvalue weighted by Gasteiger charge is 2.31. The predicted octanol–water partition coefficient (Wildman–Crippen LogP) is 1.06. The van der Waals surface area contributed by atoms with Crippen molar-refractivity contribution in [3.63, 3.8) is 0 Å². The molecule has 1 heterocycles. The molecule has 2 unspecified atom stereocenters. The normalized spacial score (nSPS) is 19.2. The molecule has 0 radical (unpaired) electrons. The van der Waals surface area contributed by atoms with Crippen molar-refractivity contribution in [2.75, 3.05) is 7.11 Å². The molecule has 0 amide bonds. The Morgan fingerprint density at radius 2 is 2.38 bits per heavy atom. The van der Waals surface area contributed by atoms with Gasteiger partial charge in [0.2, 0.25) is 0 Å². The molecule has 0 aromatic carbocycles. The summed E-state index contributed by atoms with van der Waals surface area (Å²) < 4.78 is 6.57. The average Bonchev–Trinajstić information content (AvgIpc) is 3.04. The molecule has 1 fully saturated rings. The van der Waals surface area contributed by atoms with E-state index in [9.17, 15) is 9.90 Å². The molecule has 1 aromatic rings. The van der Waals surface area contributed by atoms with E-state index in [4.69, 9.17) is 0 Å². The number of aliphatic hydroxyl groups excluding tert-OH is 1. The lowest BCUT2D eigenvalue weighted by Gasteiger charge is -2.18. The van der Waals surface area contributed by atoms with Crippen LogP contribution >= 0.6 is 0 Å². The van der Waals surface area contributed by atoms with E-state index in [1.807, 2.05) is 4.57 Å². The lowest BCUT2D eigenvalue weighted by molar-refractivity contribution is -0.148. The van der Waals surface area contributed by atoms with Crippen molar-refractivity contribution in [1.82, 2.24) is 9.55 Å². The second-order valence-electron chi connectivity index (χ2n) is 4.21. The molecule has 5 nitrogen and oxygen atoms in total. The van der Waals surface area contributed by atoms with Crippen LogP contribution in [0.5, 0.6) is 0 Å². The van der Waals surface area contributed by atoms with Gasteiger partial charge in [-0.3, -0.25) is 4.79 Å². The molecule has 1 aliphatic carbocycles. The number of methoxy groups -OCH3 is 1. The highest BCUT2D eigenvalue weighted by atomic mass is 16.5. The number of esters is 1. The average molecular weight is 224 g/mol. The maximum absolute atomic E-state index is 11.3. The number of carbonyl (C=O) groups is 1. The van der Waals surface area contributed by atoms with E-state index in [0.717, 1.165) is 12.8 Å². The third kappa shape index (κ3) is 1.95. The van der Waals surface area contributed by atoms with Gasteiger partial charge >= 0.3 is 5.97 Å². The van der Waals surface area contributed by atoms with Crippen LogP contribution in [0.4, 0.5) is 0 Å². The first-order valence-corrected chi connectivity index (χ1v) is 5.42. The molecule has 1 aromatic heterocycles. The Labute approximate surface area is 94.1 Å². The van der Waals surface area contributed by atoms with Crippen LogP contribution in [0.15, 0.2) is 12.5 Å². The number of hydrogen-bond acceptors (Lipinski definition) is 4. The van der Waals surface area contributed by atoms with Gasteiger partial charge in [0, 0.05) is 6.04 Å². The van der Waals surface area contributed by atoms with Crippen molar-refractivity contribution in [3.05, 3.63) is 18.2 Å². The van der Waals surface area contributed by atoms with Gasteiger partial charge in [-0.2, -0.15) is 0 Å². The van der Waals surface area contributed by atoms with Crippen LogP contribution in [0.1, 0.15) is 37.6 Å². The van der Waals surface area contributed by atoms with Crippen LogP contribution in [0, 0.1) is 5.92 Å². The summed E-state index contributed by atoms with van der Waals surface area (Å²) in [5.41, 5.74) is 0.695. The standard InChI is InChI=1S/C11H16N2O3/c1-7(11(15)16-2)10(14)9-5-12-6-13(9)8-3-4-8/h5-8,10,14H,3-4H2,1-2H3. The third-order valence-corrected chi connectivity index (χ3v) is 2.99. The maximum Gasteiger partial charge on any atom is 0.311 e. The summed E-state index contributed by atoms with van der Waals surface area (Å²) in [6, 6.07) is 0.442. The van der Waals surface area contributed by atoms with Gasteiger partial charge in [-0.05, 0) is 19.8 Å². The van der Waals surface area contributed by atoms with Crippen LogP contribution < -0.4 is 0 Å². The van der Waals surface area contributed by atoms with Gasteiger partial charge in [0.05, 0.1) is 31.2 Å². The zero-order valence-corrected chi connectivity index (χ0v) is 9.46. The van der Waals surface area contributed by atoms with Crippen LogP contribution in [0.3, 0.4) is 0 Å².